The standard InChI is InChI=1S/C13H23BrN4O2S/c1-5-15-13-12(9-11(14)10-16-13)21(19,20)18(4)8-6-7-17(2)3/h9-10H,5-8H2,1-4H3,(H,15,16). The van der Waals surface area contributed by atoms with Crippen LogP contribution in [0.5, 0.6) is 0 Å². The van der Waals surface area contributed by atoms with Crippen molar-refractivity contribution < 1.29 is 8.42 Å². The van der Waals surface area contributed by atoms with E-state index in [9.17, 15) is 8.42 Å². The first-order valence-corrected chi connectivity index (χ1v) is 9.02. The van der Waals surface area contributed by atoms with E-state index < -0.39 is 10.0 Å². The van der Waals surface area contributed by atoms with Gasteiger partial charge in [-0.05, 0) is 56.0 Å². The molecule has 0 amide bonds. The molecule has 0 atom stereocenters. The number of rotatable bonds is 8. The molecule has 0 fully saturated rings. The number of halogens is 1. The number of hydrogen-bond donors (Lipinski definition) is 1. The molecule has 0 spiro atoms. The highest BCUT2D eigenvalue weighted by atomic mass is 79.9. The van der Waals surface area contributed by atoms with Gasteiger partial charge in [0.2, 0.25) is 10.0 Å². The zero-order valence-electron chi connectivity index (χ0n) is 12.9. The van der Waals surface area contributed by atoms with Crippen molar-refractivity contribution in [2.24, 2.45) is 0 Å². The molecule has 0 unspecified atom stereocenters. The third-order valence-electron chi connectivity index (χ3n) is 2.93. The molecule has 1 rings (SSSR count). The highest BCUT2D eigenvalue weighted by Gasteiger charge is 2.25. The van der Waals surface area contributed by atoms with E-state index in [2.05, 4.69) is 26.2 Å². The summed E-state index contributed by atoms with van der Waals surface area (Å²) >= 11 is 3.28. The first-order chi connectivity index (χ1) is 9.78. The summed E-state index contributed by atoms with van der Waals surface area (Å²) in [4.78, 5) is 6.39. The van der Waals surface area contributed by atoms with Crippen molar-refractivity contribution in [1.82, 2.24) is 14.2 Å². The smallest absolute Gasteiger partial charge is 0.246 e. The largest absolute Gasteiger partial charge is 0.369 e. The topological polar surface area (TPSA) is 65.5 Å². The van der Waals surface area contributed by atoms with Gasteiger partial charge in [0.05, 0.1) is 0 Å². The molecule has 0 bridgehead atoms. The fraction of sp³-hybridized carbons (Fsp3) is 0.615. The second kappa shape index (κ2) is 8.07. The lowest BCUT2D eigenvalue weighted by Crippen LogP contribution is -2.30. The third kappa shape index (κ3) is 5.21. The maximum Gasteiger partial charge on any atom is 0.246 e. The van der Waals surface area contributed by atoms with Crippen molar-refractivity contribution >= 4 is 31.8 Å². The van der Waals surface area contributed by atoms with Gasteiger partial charge in [-0.2, -0.15) is 0 Å². The van der Waals surface area contributed by atoms with Crippen LogP contribution in [0.15, 0.2) is 21.6 Å². The minimum atomic E-state index is -3.55. The fourth-order valence-corrected chi connectivity index (χ4v) is 3.65. The summed E-state index contributed by atoms with van der Waals surface area (Å²) in [6, 6.07) is 1.59. The Labute approximate surface area is 135 Å². The van der Waals surface area contributed by atoms with Gasteiger partial charge in [-0.15, -0.1) is 0 Å². The van der Waals surface area contributed by atoms with Gasteiger partial charge >= 0.3 is 0 Å². The lowest BCUT2D eigenvalue weighted by Gasteiger charge is -2.20. The number of sulfonamides is 1. The summed E-state index contributed by atoms with van der Waals surface area (Å²) < 4.78 is 27.4. The van der Waals surface area contributed by atoms with Gasteiger partial charge in [0, 0.05) is 30.8 Å². The molecule has 0 saturated carbocycles. The summed E-state index contributed by atoms with van der Waals surface area (Å²) in [6.45, 7) is 3.83. The van der Waals surface area contributed by atoms with Crippen LogP contribution in [0, 0.1) is 0 Å². The second-order valence-electron chi connectivity index (χ2n) is 5.01. The summed E-state index contributed by atoms with van der Waals surface area (Å²) in [6.07, 6.45) is 2.36. The highest BCUT2D eigenvalue weighted by molar-refractivity contribution is 9.10. The van der Waals surface area contributed by atoms with Gasteiger partial charge in [0.1, 0.15) is 10.7 Å². The van der Waals surface area contributed by atoms with Crippen molar-refractivity contribution in [2.75, 3.05) is 46.1 Å². The SMILES string of the molecule is CCNc1ncc(Br)cc1S(=O)(=O)N(C)CCCN(C)C. The van der Waals surface area contributed by atoms with Crippen LogP contribution in [-0.2, 0) is 10.0 Å². The van der Waals surface area contributed by atoms with Gasteiger partial charge < -0.3 is 10.2 Å². The van der Waals surface area contributed by atoms with Crippen molar-refractivity contribution in [3.05, 3.63) is 16.7 Å². The van der Waals surface area contributed by atoms with Crippen LogP contribution in [0.25, 0.3) is 0 Å². The van der Waals surface area contributed by atoms with E-state index in [0.29, 0.717) is 23.4 Å². The molecular formula is C13H23BrN4O2S. The molecule has 120 valence electrons. The summed E-state index contributed by atoms with van der Waals surface area (Å²) in [5.74, 6) is 0.389. The van der Waals surface area contributed by atoms with E-state index in [-0.39, 0.29) is 4.90 Å². The van der Waals surface area contributed by atoms with E-state index in [1.807, 2.05) is 25.9 Å². The molecule has 0 aliphatic heterocycles. The Kier molecular flexibility index (Phi) is 7.05. The Morgan fingerprint density at radius 1 is 1.29 bits per heavy atom. The molecule has 6 nitrogen and oxygen atoms in total. The average Bonchev–Trinajstić information content (AvgIpc) is 2.40. The van der Waals surface area contributed by atoms with Crippen molar-refractivity contribution in [1.29, 1.82) is 0 Å². The predicted octanol–water partition coefficient (Wildman–Crippen LogP) is 1.85. The van der Waals surface area contributed by atoms with Gasteiger partial charge in [-0.1, -0.05) is 0 Å². The molecule has 8 heteroatoms. The molecule has 0 aliphatic rings. The molecule has 0 aliphatic carbocycles. The second-order valence-corrected chi connectivity index (χ2v) is 7.94. The van der Waals surface area contributed by atoms with Crippen LogP contribution in [0.4, 0.5) is 5.82 Å². The van der Waals surface area contributed by atoms with Crippen LogP contribution < -0.4 is 5.32 Å². The highest BCUT2D eigenvalue weighted by Crippen LogP contribution is 2.25. The maximum atomic E-state index is 12.7. The minimum Gasteiger partial charge on any atom is -0.369 e. The van der Waals surface area contributed by atoms with E-state index in [4.69, 9.17) is 0 Å². The number of pyridine rings is 1. The summed E-state index contributed by atoms with van der Waals surface area (Å²) in [5.41, 5.74) is 0. The first-order valence-electron chi connectivity index (χ1n) is 6.79. The lowest BCUT2D eigenvalue weighted by atomic mass is 10.4. The van der Waals surface area contributed by atoms with E-state index in [1.165, 1.54) is 4.31 Å². The number of hydrogen-bond acceptors (Lipinski definition) is 5. The normalized spacial score (nSPS) is 12.1. The first kappa shape index (κ1) is 18.3. The van der Waals surface area contributed by atoms with Gasteiger partial charge in [0.15, 0.2) is 0 Å². The molecule has 0 radical (unpaired) electrons. The quantitative estimate of drug-likeness (QED) is 0.747. The minimum absolute atomic E-state index is 0.200. The molecule has 0 saturated heterocycles. The van der Waals surface area contributed by atoms with E-state index in [0.717, 1.165) is 13.0 Å². The monoisotopic (exact) mass is 378 g/mol. The van der Waals surface area contributed by atoms with Crippen LogP contribution in [0.1, 0.15) is 13.3 Å². The van der Waals surface area contributed by atoms with Crippen molar-refractivity contribution in [2.45, 2.75) is 18.2 Å². The maximum absolute atomic E-state index is 12.7. The molecular weight excluding hydrogens is 356 g/mol. The van der Waals surface area contributed by atoms with Crippen molar-refractivity contribution in [3.63, 3.8) is 0 Å². The summed E-state index contributed by atoms with van der Waals surface area (Å²) in [5, 5.41) is 2.99. The number of anilines is 1. The fourth-order valence-electron chi connectivity index (χ4n) is 1.82. The Balaban J connectivity index is 2.98. The molecule has 1 aromatic rings. The molecule has 1 N–H and O–H groups in total. The Morgan fingerprint density at radius 2 is 1.95 bits per heavy atom. The lowest BCUT2D eigenvalue weighted by molar-refractivity contribution is 0.370. The third-order valence-corrected chi connectivity index (χ3v) is 5.23. The van der Waals surface area contributed by atoms with Crippen LogP contribution in [0.3, 0.4) is 0 Å². The molecule has 1 heterocycles. The van der Waals surface area contributed by atoms with Gasteiger partial charge in [-0.3, -0.25) is 0 Å². The van der Waals surface area contributed by atoms with E-state index in [1.54, 1.807) is 19.3 Å². The van der Waals surface area contributed by atoms with Crippen LogP contribution in [-0.4, -0.2) is 63.4 Å². The Morgan fingerprint density at radius 3 is 2.52 bits per heavy atom. The molecule has 21 heavy (non-hydrogen) atoms. The predicted molar refractivity (Wildman–Crippen MR) is 89.1 cm³/mol. The van der Waals surface area contributed by atoms with E-state index >= 15 is 0 Å². The molecule has 1 aromatic heterocycles. The van der Waals surface area contributed by atoms with Crippen LogP contribution >= 0.6 is 15.9 Å². The number of nitrogens with one attached hydrogen (secondary N) is 1. The van der Waals surface area contributed by atoms with Gasteiger partial charge in [0.25, 0.3) is 0 Å². The molecule has 0 aromatic carbocycles. The van der Waals surface area contributed by atoms with Gasteiger partial charge in [-0.25, -0.2) is 17.7 Å². The zero-order chi connectivity index (χ0) is 16.0. The number of nitrogens with zero attached hydrogens (tertiary/aromatic N) is 3. The summed E-state index contributed by atoms with van der Waals surface area (Å²) in [7, 11) is 1.98. The number of aromatic nitrogens is 1. The van der Waals surface area contributed by atoms with Crippen molar-refractivity contribution in [3.8, 4) is 0 Å². The zero-order valence-corrected chi connectivity index (χ0v) is 15.3. The van der Waals surface area contributed by atoms with Crippen LogP contribution in [0.2, 0.25) is 0 Å². The Bertz CT molecular complexity index is 563. The Hall–Kier alpha value is -0.700. The average molecular weight is 379 g/mol.